The fraction of sp³-hybridized carbons (Fsp3) is 0. The van der Waals surface area contributed by atoms with E-state index in [1.54, 1.807) is 30.3 Å². The Kier molecular flexibility index (Phi) is 3.77. The summed E-state index contributed by atoms with van der Waals surface area (Å²) in [5, 5.41) is 2.98. The van der Waals surface area contributed by atoms with E-state index in [1.165, 1.54) is 18.2 Å². The van der Waals surface area contributed by atoms with Crippen LogP contribution in [0.25, 0.3) is 11.0 Å². The number of rotatable bonds is 2. The van der Waals surface area contributed by atoms with E-state index in [1.807, 2.05) is 0 Å². The molecule has 4 nitrogen and oxygen atoms in total. The molecule has 3 rings (SSSR count). The van der Waals surface area contributed by atoms with Crippen LogP contribution >= 0.6 is 15.9 Å². The standard InChI is InChI=1S/C16H9BrFNO3/c17-10-5-6-13(12(18)8-10)19-15(20)11-7-9-3-1-2-4-14(9)22-16(11)21/h1-8H,(H,19,20). The molecule has 1 N–H and O–H groups in total. The summed E-state index contributed by atoms with van der Waals surface area (Å²) in [5.74, 6) is -1.33. The van der Waals surface area contributed by atoms with Gasteiger partial charge in [-0.25, -0.2) is 9.18 Å². The Morgan fingerprint density at radius 1 is 1.14 bits per heavy atom. The number of fused-ring (bicyclic) bond motifs is 1. The highest BCUT2D eigenvalue weighted by Crippen LogP contribution is 2.20. The molecule has 0 spiro atoms. The van der Waals surface area contributed by atoms with Crippen molar-refractivity contribution in [2.24, 2.45) is 0 Å². The average molecular weight is 362 g/mol. The summed E-state index contributed by atoms with van der Waals surface area (Å²) in [6.07, 6.45) is 0. The van der Waals surface area contributed by atoms with Crippen LogP contribution in [0.1, 0.15) is 10.4 Å². The molecule has 0 aliphatic heterocycles. The van der Waals surface area contributed by atoms with Gasteiger partial charge in [0.2, 0.25) is 0 Å². The van der Waals surface area contributed by atoms with Gasteiger partial charge in [0.05, 0.1) is 5.69 Å². The number of benzene rings is 2. The van der Waals surface area contributed by atoms with Crippen molar-refractivity contribution in [3.63, 3.8) is 0 Å². The molecule has 1 heterocycles. The number of nitrogens with one attached hydrogen (secondary N) is 1. The first-order valence-electron chi connectivity index (χ1n) is 6.34. The van der Waals surface area contributed by atoms with Gasteiger partial charge in [-0.3, -0.25) is 4.79 Å². The predicted octanol–water partition coefficient (Wildman–Crippen LogP) is 3.95. The minimum atomic E-state index is -0.770. The quantitative estimate of drug-likeness (QED) is 0.703. The highest BCUT2D eigenvalue weighted by atomic mass is 79.9. The van der Waals surface area contributed by atoms with Crippen molar-refractivity contribution in [1.82, 2.24) is 0 Å². The smallest absolute Gasteiger partial charge is 0.349 e. The number of anilines is 1. The predicted molar refractivity (Wildman–Crippen MR) is 84.5 cm³/mol. The van der Waals surface area contributed by atoms with Gasteiger partial charge in [0.15, 0.2) is 0 Å². The fourth-order valence-corrected chi connectivity index (χ4v) is 2.33. The molecular weight excluding hydrogens is 353 g/mol. The van der Waals surface area contributed by atoms with Crippen LogP contribution in [-0.2, 0) is 0 Å². The normalized spacial score (nSPS) is 10.6. The molecule has 22 heavy (non-hydrogen) atoms. The molecule has 0 saturated carbocycles. The summed E-state index contributed by atoms with van der Waals surface area (Å²) < 4.78 is 19.4. The van der Waals surface area contributed by atoms with E-state index >= 15 is 0 Å². The number of para-hydroxylation sites is 1. The van der Waals surface area contributed by atoms with Gasteiger partial charge in [-0.05, 0) is 30.3 Å². The molecule has 0 fully saturated rings. The van der Waals surface area contributed by atoms with Crippen LogP contribution in [0.2, 0.25) is 0 Å². The second-order valence-electron chi connectivity index (χ2n) is 4.56. The molecule has 1 amide bonds. The average Bonchev–Trinajstić information content (AvgIpc) is 2.49. The Bertz CT molecular complexity index is 936. The Hall–Kier alpha value is -2.47. The Morgan fingerprint density at radius 3 is 2.68 bits per heavy atom. The van der Waals surface area contributed by atoms with Crippen molar-refractivity contribution < 1.29 is 13.6 Å². The maximum Gasteiger partial charge on any atom is 0.349 e. The summed E-state index contributed by atoms with van der Waals surface area (Å²) >= 11 is 3.13. The number of hydrogen-bond donors (Lipinski definition) is 1. The first-order chi connectivity index (χ1) is 10.5. The molecule has 3 aromatic rings. The highest BCUT2D eigenvalue weighted by Gasteiger charge is 2.15. The zero-order valence-corrected chi connectivity index (χ0v) is 12.7. The maximum absolute atomic E-state index is 13.7. The molecule has 1 aromatic heterocycles. The van der Waals surface area contributed by atoms with Crippen molar-refractivity contribution in [2.45, 2.75) is 0 Å². The molecule has 0 radical (unpaired) electrons. The second-order valence-corrected chi connectivity index (χ2v) is 5.48. The van der Waals surface area contributed by atoms with Crippen molar-refractivity contribution in [2.75, 3.05) is 5.32 Å². The number of halogens is 2. The molecular formula is C16H9BrFNO3. The first kappa shape index (κ1) is 14.5. The van der Waals surface area contributed by atoms with Crippen LogP contribution in [0, 0.1) is 5.82 Å². The van der Waals surface area contributed by atoms with Gasteiger partial charge >= 0.3 is 5.63 Å². The molecule has 0 aliphatic rings. The third kappa shape index (κ3) is 2.78. The minimum Gasteiger partial charge on any atom is -0.422 e. The summed E-state index contributed by atoms with van der Waals surface area (Å²) in [5.41, 5.74) is -0.575. The number of carbonyl (C=O) groups excluding carboxylic acids is 1. The molecule has 110 valence electrons. The molecule has 2 aromatic carbocycles. The Labute approximate surface area is 132 Å². The van der Waals surface area contributed by atoms with E-state index in [9.17, 15) is 14.0 Å². The van der Waals surface area contributed by atoms with Crippen LogP contribution in [0.3, 0.4) is 0 Å². The Morgan fingerprint density at radius 2 is 1.91 bits per heavy atom. The van der Waals surface area contributed by atoms with E-state index in [-0.39, 0.29) is 11.3 Å². The largest absolute Gasteiger partial charge is 0.422 e. The summed E-state index contributed by atoms with van der Waals surface area (Å²) in [7, 11) is 0. The molecule has 0 bridgehead atoms. The van der Waals surface area contributed by atoms with Gasteiger partial charge < -0.3 is 9.73 Å². The monoisotopic (exact) mass is 361 g/mol. The second kappa shape index (κ2) is 5.73. The fourth-order valence-electron chi connectivity index (χ4n) is 2.00. The Balaban J connectivity index is 1.98. The van der Waals surface area contributed by atoms with Crippen LogP contribution < -0.4 is 10.9 Å². The lowest BCUT2D eigenvalue weighted by Gasteiger charge is -2.06. The van der Waals surface area contributed by atoms with Gasteiger partial charge in [0, 0.05) is 9.86 Å². The van der Waals surface area contributed by atoms with E-state index in [2.05, 4.69) is 21.2 Å². The number of carbonyl (C=O) groups is 1. The first-order valence-corrected chi connectivity index (χ1v) is 7.13. The zero-order chi connectivity index (χ0) is 15.7. The highest BCUT2D eigenvalue weighted by molar-refractivity contribution is 9.10. The van der Waals surface area contributed by atoms with Gasteiger partial charge in [0.25, 0.3) is 5.91 Å². The van der Waals surface area contributed by atoms with Gasteiger partial charge in [-0.2, -0.15) is 0 Å². The molecule has 6 heteroatoms. The van der Waals surface area contributed by atoms with Crippen LogP contribution in [-0.4, -0.2) is 5.91 Å². The minimum absolute atomic E-state index is 0.0132. The van der Waals surface area contributed by atoms with Gasteiger partial charge in [-0.15, -0.1) is 0 Å². The molecule has 0 atom stereocenters. The maximum atomic E-state index is 13.7. The third-order valence-corrected chi connectivity index (χ3v) is 3.56. The number of amides is 1. The van der Waals surface area contributed by atoms with Crippen LogP contribution in [0.15, 0.2) is 62.2 Å². The summed E-state index contributed by atoms with van der Waals surface area (Å²) in [6.45, 7) is 0. The van der Waals surface area contributed by atoms with E-state index in [4.69, 9.17) is 4.42 Å². The number of hydrogen-bond acceptors (Lipinski definition) is 3. The van der Waals surface area contributed by atoms with Gasteiger partial charge in [0.1, 0.15) is 17.0 Å². The van der Waals surface area contributed by atoms with Gasteiger partial charge in [-0.1, -0.05) is 34.1 Å². The van der Waals surface area contributed by atoms with Crippen molar-refractivity contribution in [3.8, 4) is 0 Å². The van der Waals surface area contributed by atoms with Crippen molar-refractivity contribution in [1.29, 1.82) is 0 Å². The van der Waals surface area contributed by atoms with E-state index < -0.39 is 17.3 Å². The summed E-state index contributed by atoms with van der Waals surface area (Å²) in [4.78, 5) is 24.0. The SMILES string of the molecule is O=C(Nc1ccc(Br)cc1F)c1cc2ccccc2oc1=O. The van der Waals surface area contributed by atoms with Crippen LogP contribution in [0.4, 0.5) is 10.1 Å². The van der Waals surface area contributed by atoms with Crippen molar-refractivity contribution >= 4 is 38.5 Å². The van der Waals surface area contributed by atoms with E-state index in [0.29, 0.717) is 15.4 Å². The molecule has 0 unspecified atom stereocenters. The van der Waals surface area contributed by atoms with E-state index in [0.717, 1.165) is 0 Å². The lowest BCUT2D eigenvalue weighted by Crippen LogP contribution is -2.21. The molecule has 0 aliphatic carbocycles. The lowest BCUT2D eigenvalue weighted by molar-refractivity contribution is 0.102. The summed E-state index contributed by atoms with van der Waals surface area (Å²) in [6, 6.07) is 12.5. The van der Waals surface area contributed by atoms with Crippen molar-refractivity contribution in [3.05, 3.63) is 74.8 Å². The van der Waals surface area contributed by atoms with Crippen LogP contribution in [0.5, 0.6) is 0 Å². The molecule has 0 saturated heterocycles. The lowest BCUT2D eigenvalue weighted by atomic mass is 10.1. The third-order valence-electron chi connectivity index (χ3n) is 3.07. The topological polar surface area (TPSA) is 59.3 Å². The zero-order valence-electron chi connectivity index (χ0n) is 11.1.